The first kappa shape index (κ1) is 18.9. The molecule has 0 heterocycles. The Morgan fingerprint density at radius 3 is 2.57 bits per heavy atom. The smallest absolute Gasteiger partial charge is 0.315 e. The van der Waals surface area contributed by atoms with E-state index >= 15 is 0 Å². The lowest BCUT2D eigenvalue weighted by Crippen LogP contribution is -2.36. The van der Waals surface area contributed by atoms with Crippen molar-refractivity contribution in [3.05, 3.63) is 65.7 Å². The predicted octanol–water partition coefficient (Wildman–Crippen LogP) is 5.37. The Morgan fingerprint density at radius 1 is 1.03 bits per heavy atom. The van der Waals surface area contributed by atoms with E-state index < -0.39 is 23.8 Å². The molecule has 3 aromatic carbocycles. The van der Waals surface area contributed by atoms with Gasteiger partial charge in [0.05, 0.1) is 11.8 Å². The number of aliphatic carboxylic acids is 1. The minimum Gasteiger partial charge on any atom is -0.481 e. The zero-order chi connectivity index (χ0) is 21.0. The van der Waals surface area contributed by atoms with Crippen LogP contribution in [-0.2, 0) is 16.0 Å². The highest BCUT2D eigenvalue weighted by molar-refractivity contribution is 6.07. The van der Waals surface area contributed by atoms with Gasteiger partial charge in [0.25, 0.3) is 0 Å². The van der Waals surface area contributed by atoms with E-state index in [2.05, 4.69) is 37.3 Å². The van der Waals surface area contributed by atoms with Crippen molar-refractivity contribution in [1.29, 1.82) is 0 Å². The summed E-state index contributed by atoms with van der Waals surface area (Å²) in [5.74, 6) is -2.28. The molecule has 0 saturated heterocycles. The van der Waals surface area contributed by atoms with Gasteiger partial charge in [-0.1, -0.05) is 55.0 Å². The highest BCUT2D eigenvalue weighted by Crippen LogP contribution is 2.52. The van der Waals surface area contributed by atoms with Gasteiger partial charge in [0.15, 0.2) is 0 Å². The van der Waals surface area contributed by atoms with Crippen LogP contribution in [0.3, 0.4) is 0 Å². The van der Waals surface area contributed by atoms with Crippen LogP contribution >= 0.6 is 0 Å². The fraction of sp³-hybridized carbons (Fsp3) is 0.308. The normalized spacial score (nSPS) is 24.9. The average Bonchev–Trinajstić information content (AvgIpc) is 3.30. The SMILES string of the molecule is CCc1ccc2cc3ccccc3c(OC(=O)C3C4C=C(C)C(C4)C3C(=O)O)c2c1. The summed E-state index contributed by atoms with van der Waals surface area (Å²) in [5, 5.41) is 13.6. The Kier molecular flexibility index (Phi) is 4.39. The molecule has 2 bridgehead atoms. The number of carboxylic acid groups (broad SMARTS) is 1. The maximum absolute atomic E-state index is 13.4. The minimum atomic E-state index is -0.909. The number of ether oxygens (including phenoxy) is 1. The molecule has 4 heteroatoms. The van der Waals surface area contributed by atoms with E-state index in [0.29, 0.717) is 5.75 Å². The van der Waals surface area contributed by atoms with Gasteiger partial charge in [0.2, 0.25) is 0 Å². The Labute approximate surface area is 175 Å². The summed E-state index contributed by atoms with van der Waals surface area (Å²) in [5.41, 5.74) is 2.25. The van der Waals surface area contributed by atoms with Gasteiger partial charge in [0.1, 0.15) is 5.75 Å². The standard InChI is InChI=1S/C26H24O4/c1-3-15-8-9-17-12-16-6-4-5-7-19(16)24(21(17)11-15)30-26(29)22-18-10-14(2)20(13-18)23(22)25(27)28/h4-12,18,20,22-23H,3,13H2,1-2H3,(H,27,28). The first-order valence-electron chi connectivity index (χ1n) is 10.5. The molecule has 152 valence electrons. The number of hydrogen-bond acceptors (Lipinski definition) is 3. The molecule has 1 fully saturated rings. The predicted molar refractivity (Wildman–Crippen MR) is 116 cm³/mol. The lowest BCUT2D eigenvalue weighted by molar-refractivity contribution is -0.152. The molecule has 2 aliphatic rings. The van der Waals surface area contributed by atoms with Crippen molar-refractivity contribution in [3.8, 4) is 5.75 Å². The lowest BCUT2D eigenvalue weighted by atomic mass is 9.80. The van der Waals surface area contributed by atoms with E-state index in [9.17, 15) is 14.7 Å². The fourth-order valence-corrected chi connectivity index (χ4v) is 5.42. The summed E-state index contributed by atoms with van der Waals surface area (Å²) in [6.07, 6.45) is 3.67. The third-order valence-electron chi connectivity index (χ3n) is 6.92. The lowest BCUT2D eigenvalue weighted by Gasteiger charge is -2.26. The summed E-state index contributed by atoms with van der Waals surface area (Å²) in [6.45, 7) is 4.06. The number of fused-ring (bicyclic) bond motifs is 4. The van der Waals surface area contributed by atoms with E-state index in [4.69, 9.17) is 4.74 Å². The number of carboxylic acids is 1. The van der Waals surface area contributed by atoms with E-state index in [1.54, 1.807) is 0 Å². The van der Waals surface area contributed by atoms with Gasteiger partial charge in [-0.25, -0.2) is 0 Å². The summed E-state index contributed by atoms with van der Waals surface area (Å²) in [4.78, 5) is 25.3. The second-order valence-corrected chi connectivity index (χ2v) is 8.56. The van der Waals surface area contributed by atoms with Gasteiger partial charge in [-0.2, -0.15) is 0 Å². The zero-order valence-electron chi connectivity index (χ0n) is 17.1. The van der Waals surface area contributed by atoms with Crippen LogP contribution in [0.4, 0.5) is 0 Å². The molecule has 0 radical (unpaired) electrons. The topological polar surface area (TPSA) is 63.6 Å². The molecule has 1 saturated carbocycles. The fourth-order valence-electron chi connectivity index (χ4n) is 5.42. The van der Waals surface area contributed by atoms with E-state index in [1.165, 1.54) is 0 Å². The first-order chi connectivity index (χ1) is 14.5. The van der Waals surface area contributed by atoms with E-state index in [0.717, 1.165) is 45.5 Å². The molecular formula is C26H24O4. The number of hydrogen-bond donors (Lipinski definition) is 1. The largest absolute Gasteiger partial charge is 0.481 e. The Morgan fingerprint density at radius 2 is 1.80 bits per heavy atom. The van der Waals surface area contributed by atoms with Crippen LogP contribution < -0.4 is 4.74 Å². The highest BCUT2D eigenvalue weighted by atomic mass is 16.5. The van der Waals surface area contributed by atoms with Gasteiger partial charge in [-0.05, 0) is 60.1 Å². The zero-order valence-corrected chi connectivity index (χ0v) is 17.1. The van der Waals surface area contributed by atoms with Gasteiger partial charge < -0.3 is 9.84 Å². The molecule has 0 aromatic heterocycles. The molecule has 3 aromatic rings. The summed E-state index contributed by atoms with van der Waals surface area (Å²) in [7, 11) is 0. The maximum Gasteiger partial charge on any atom is 0.315 e. The molecule has 4 atom stereocenters. The van der Waals surface area contributed by atoms with Crippen LogP contribution in [0.5, 0.6) is 5.75 Å². The molecule has 0 aliphatic heterocycles. The molecule has 5 rings (SSSR count). The molecule has 1 N–H and O–H groups in total. The van der Waals surface area contributed by atoms with Crippen molar-refractivity contribution < 1.29 is 19.4 Å². The monoisotopic (exact) mass is 400 g/mol. The van der Waals surface area contributed by atoms with Crippen LogP contribution in [-0.4, -0.2) is 17.0 Å². The van der Waals surface area contributed by atoms with Crippen molar-refractivity contribution in [2.45, 2.75) is 26.7 Å². The number of esters is 1. The molecule has 4 nitrogen and oxygen atoms in total. The number of carbonyl (C=O) groups excluding carboxylic acids is 1. The average molecular weight is 400 g/mol. The van der Waals surface area contributed by atoms with Crippen molar-refractivity contribution in [3.63, 3.8) is 0 Å². The van der Waals surface area contributed by atoms with Gasteiger partial charge in [0, 0.05) is 10.8 Å². The Hall–Kier alpha value is -3.14. The Balaban J connectivity index is 1.62. The van der Waals surface area contributed by atoms with E-state index in [-0.39, 0.29) is 11.8 Å². The summed E-state index contributed by atoms with van der Waals surface area (Å²) >= 11 is 0. The van der Waals surface area contributed by atoms with Crippen LogP contribution in [0.15, 0.2) is 60.2 Å². The van der Waals surface area contributed by atoms with Crippen molar-refractivity contribution in [2.75, 3.05) is 0 Å². The van der Waals surface area contributed by atoms with Crippen LogP contribution in [0.1, 0.15) is 25.8 Å². The maximum atomic E-state index is 13.4. The van der Waals surface area contributed by atoms with Gasteiger partial charge in [-0.3, -0.25) is 9.59 Å². The second-order valence-electron chi connectivity index (χ2n) is 8.56. The second kappa shape index (κ2) is 6.98. The number of rotatable bonds is 4. The third-order valence-corrected chi connectivity index (χ3v) is 6.92. The Bertz CT molecular complexity index is 1220. The van der Waals surface area contributed by atoms with Crippen molar-refractivity contribution in [1.82, 2.24) is 0 Å². The molecule has 2 aliphatic carbocycles. The minimum absolute atomic E-state index is 0.0592. The van der Waals surface area contributed by atoms with Crippen LogP contribution in [0.25, 0.3) is 21.5 Å². The summed E-state index contributed by atoms with van der Waals surface area (Å²) < 4.78 is 6.06. The number of benzene rings is 3. The molecule has 4 unspecified atom stereocenters. The molecular weight excluding hydrogens is 376 g/mol. The number of aryl methyl sites for hydroxylation is 1. The number of allylic oxidation sites excluding steroid dienone is 2. The highest BCUT2D eigenvalue weighted by Gasteiger charge is 2.54. The van der Waals surface area contributed by atoms with Gasteiger partial charge >= 0.3 is 11.9 Å². The quantitative estimate of drug-likeness (QED) is 0.277. The third kappa shape index (κ3) is 2.82. The molecule has 0 spiro atoms. The van der Waals surface area contributed by atoms with E-state index in [1.807, 2.05) is 31.2 Å². The van der Waals surface area contributed by atoms with Crippen molar-refractivity contribution in [2.24, 2.45) is 23.7 Å². The summed E-state index contributed by atoms with van der Waals surface area (Å²) in [6, 6.07) is 16.2. The molecule has 0 amide bonds. The van der Waals surface area contributed by atoms with Crippen LogP contribution in [0, 0.1) is 23.7 Å². The number of carbonyl (C=O) groups is 2. The molecule has 30 heavy (non-hydrogen) atoms. The van der Waals surface area contributed by atoms with Crippen LogP contribution in [0.2, 0.25) is 0 Å². The first-order valence-corrected chi connectivity index (χ1v) is 10.5. The van der Waals surface area contributed by atoms with Gasteiger partial charge in [-0.15, -0.1) is 0 Å². The van der Waals surface area contributed by atoms with Crippen molar-refractivity contribution >= 4 is 33.5 Å².